The lowest BCUT2D eigenvalue weighted by Crippen LogP contribution is -2.09. The van der Waals surface area contributed by atoms with Crippen LogP contribution in [0.5, 0.6) is 0 Å². The second kappa shape index (κ2) is 7.51. The van der Waals surface area contributed by atoms with E-state index in [-0.39, 0.29) is 6.04 Å². The van der Waals surface area contributed by atoms with E-state index in [9.17, 15) is 0 Å². The van der Waals surface area contributed by atoms with Crippen LogP contribution in [0.1, 0.15) is 18.5 Å². The Labute approximate surface area is 146 Å². The molecule has 6 heteroatoms. The third kappa shape index (κ3) is 3.77. The second-order valence-corrected chi connectivity index (χ2v) is 6.66. The molecule has 0 aliphatic heterocycles. The molecule has 5 nitrogen and oxygen atoms in total. The van der Waals surface area contributed by atoms with Gasteiger partial charge >= 0.3 is 0 Å². The Hall–Kier alpha value is -2.31. The van der Waals surface area contributed by atoms with Gasteiger partial charge < -0.3 is 9.88 Å². The number of anilines is 1. The minimum Gasteiger partial charge on any atom is -0.363 e. The molecule has 24 heavy (non-hydrogen) atoms. The van der Waals surface area contributed by atoms with Crippen LogP contribution < -0.4 is 10.0 Å². The SMILES string of the molecule is CNSc1cnc(NC(C)c2ccccc2)c(-c2cn(C)cn2)c1. The van der Waals surface area contributed by atoms with E-state index < -0.39 is 0 Å². The topological polar surface area (TPSA) is 54.8 Å². The monoisotopic (exact) mass is 339 g/mol. The maximum Gasteiger partial charge on any atom is 0.136 e. The van der Waals surface area contributed by atoms with Crippen molar-refractivity contribution in [3.8, 4) is 11.3 Å². The number of benzene rings is 1. The lowest BCUT2D eigenvalue weighted by atomic mass is 10.1. The summed E-state index contributed by atoms with van der Waals surface area (Å²) in [6.07, 6.45) is 5.68. The normalized spacial score (nSPS) is 12.1. The van der Waals surface area contributed by atoms with E-state index in [1.165, 1.54) is 5.56 Å². The molecule has 3 rings (SSSR count). The molecule has 2 aromatic heterocycles. The molecular weight excluding hydrogens is 318 g/mol. The highest BCUT2D eigenvalue weighted by atomic mass is 32.2. The molecule has 1 unspecified atom stereocenters. The van der Waals surface area contributed by atoms with Crippen molar-refractivity contribution in [1.82, 2.24) is 19.3 Å². The molecular formula is C18H21N5S. The van der Waals surface area contributed by atoms with E-state index in [4.69, 9.17) is 0 Å². The minimum atomic E-state index is 0.156. The fourth-order valence-electron chi connectivity index (χ4n) is 2.51. The summed E-state index contributed by atoms with van der Waals surface area (Å²) in [4.78, 5) is 10.2. The average Bonchev–Trinajstić information content (AvgIpc) is 3.03. The molecule has 3 aromatic rings. The van der Waals surface area contributed by atoms with Crippen molar-refractivity contribution in [2.24, 2.45) is 7.05 Å². The maximum atomic E-state index is 4.63. The Morgan fingerprint density at radius 1 is 1.17 bits per heavy atom. The maximum absolute atomic E-state index is 4.63. The first-order valence-electron chi connectivity index (χ1n) is 7.81. The zero-order valence-electron chi connectivity index (χ0n) is 14.0. The molecule has 124 valence electrons. The second-order valence-electron chi connectivity index (χ2n) is 5.57. The van der Waals surface area contributed by atoms with Crippen LogP contribution in [-0.4, -0.2) is 21.6 Å². The van der Waals surface area contributed by atoms with Crippen molar-refractivity contribution < 1.29 is 0 Å². The Balaban J connectivity index is 1.94. The highest BCUT2D eigenvalue weighted by Gasteiger charge is 2.14. The van der Waals surface area contributed by atoms with Gasteiger partial charge in [0.25, 0.3) is 0 Å². The first-order valence-corrected chi connectivity index (χ1v) is 8.62. The summed E-state index contributed by atoms with van der Waals surface area (Å²) in [5, 5.41) is 3.51. The third-order valence-corrected chi connectivity index (χ3v) is 4.38. The molecule has 0 saturated carbocycles. The first-order chi connectivity index (χ1) is 11.7. The van der Waals surface area contributed by atoms with Crippen molar-refractivity contribution in [3.63, 3.8) is 0 Å². The van der Waals surface area contributed by atoms with Gasteiger partial charge in [-0.25, -0.2) is 9.97 Å². The van der Waals surface area contributed by atoms with Gasteiger partial charge in [-0.15, -0.1) is 0 Å². The van der Waals surface area contributed by atoms with Crippen LogP contribution in [0.25, 0.3) is 11.3 Å². The van der Waals surface area contributed by atoms with Gasteiger partial charge in [-0.1, -0.05) is 30.3 Å². The van der Waals surface area contributed by atoms with E-state index in [1.807, 2.05) is 49.3 Å². The number of aryl methyl sites for hydroxylation is 1. The smallest absolute Gasteiger partial charge is 0.136 e. The molecule has 0 aliphatic carbocycles. The number of hydrogen-bond donors (Lipinski definition) is 2. The van der Waals surface area contributed by atoms with Crippen LogP contribution in [0, 0.1) is 0 Å². The summed E-state index contributed by atoms with van der Waals surface area (Å²) < 4.78 is 5.03. The van der Waals surface area contributed by atoms with Crippen molar-refractivity contribution >= 4 is 17.8 Å². The van der Waals surface area contributed by atoms with Gasteiger partial charge in [-0.05, 0) is 37.5 Å². The van der Waals surface area contributed by atoms with Crippen LogP contribution in [-0.2, 0) is 7.05 Å². The molecule has 0 fully saturated rings. The van der Waals surface area contributed by atoms with Crippen molar-refractivity contribution in [3.05, 3.63) is 60.7 Å². The zero-order valence-corrected chi connectivity index (χ0v) is 14.8. The van der Waals surface area contributed by atoms with Crippen LogP contribution in [0.2, 0.25) is 0 Å². The number of nitrogens with zero attached hydrogens (tertiary/aromatic N) is 3. The number of aromatic nitrogens is 3. The van der Waals surface area contributed by atoms with Crippen LogP contribution >= 0.6 is 11.9 Å². The standard InChI is InChI=1S/C18H21N5S/c1-13(14-7-5-4-6-8-14)22-18-16(17-11-23(3)12-21-17)9-15(10-20-18)24-19-2/h4-13,19H,1-3H3,(H,20,22). The predicted molar refractivity (Wildman–Crippen MR) is 99.8 cm³/mol. The molecule has 2 heterocycles. The minimum absolute atomic E-state index is 0.156. The van der Waals surface area contributed by atoms with Gasteiger partial charge in [0, 0.05) is 35.9 Å². The molecule has 2 N–H and O–H groups in total. The highest BCUT2D eigenvalue weighted by molar-refractivity contribution is 7.97. The summed E-state index contributed by atoms with van der Waals surface area (Å²) in [5.74, 6) is 0.838. The average molecular weight is 339 g/mol. The Bertz CT molecular complexity index is 800. The van der Waals surface area contributed by atoms with Crippen molar-refractivity contribution in [1.29, 1.82) is 0 Å². The Kier molecular flexibility index (Phi) is 5.17. The molecule has 0 aliphatic rings. The lowest BCUT2D eigenvalue weighted by Gasteiger charge is -2.17. The zero-order chi connectivity index (χ0) is 16.9. The summed E-state index contributed by atoms with van der Waals surface area (Å²) in [6, 6.07) is 12.6. The molecule has 0 bridgehead atoms. The molecule has 1 atom stereocenters. The summed E-state index contributed by atoms with van der Waals surface area (Å²) >= 11 is 1.54. The van der Waals surface area contributed by atoms with Gasteiger partial charge in [0.2, 0.25) is 0 Å². The number of nitrogens with one attached hydrogen (secondary N) is 2. The van der Waals surface area contributed by atoms with E-state index >= 15 is 0 Å². The summed E-state index contributed by atoms with van der Waals surface area (Å²) in [7, 11) is 3.87. The van der Waals surface area contributed by atoms with E-state index in [0.717, 1.165) is 22.0 Å². The summed E-state index contributed by atoms with van der Waals surface area (Å²) in [6.45, 7) is 2.13. The number of hydrogen-bond acceptors (Lipinski definition) is 5. The third-order valence-electron chi connectivity index (χ3n) is 3.72. The Morgan fingerprint density at radius 3 is 2.62 bits per heavy atom. The number of pyridine rings is 1. The first kappa shape index (κ1) is 16.5. The quantitative estimate of drug-likeness (QED) is 0.668. The Morgan fingerprint density at radius 2 is 1.96 bits per heavy atom. The van der Waals surface area contributed by atoms with Gasteiger partial charge in [0.15, 0.2) is 0 Å². The fourth-order valence-corrected chi connectivity index (χ4v) is 3.03. The van der Waals surface area contributed by atoms with Crippen molar-refractivity contribution in [2.45, 2.75) is 17.9 Å². The lowest BCUT2D eigenvalue weighted by molar-refractivity contribution is 0.873. The predicted octanol–water partition coefficient (Wildman–Crippen LogP) is 3.88. The molecule has 0 amide bonds. The van der Waals surface area contributed by atoms with E-state index in [1.54, 1.807) is 18.3 Å². The fraction of sp³-hybridized carbons (Fsp3) is 0.222. The van der Waals surface area contributed by atoms with Crippen LogP contribution in [0.4, 0.5) is 5.82 Å². The summed E-state index contributed by atoms with van der Waals surface area (Å²) in [5.41, 5.74) is 3.13. The van der Waals surface area contributed by atoms with E-state index in [0.29, 0.717) is 0 Å². The van der Waals surface area contributed by atoms with Crippen LogP contribution in [0.3, 0.4) is 0 Å². The van der Waals surface area contributed by atoms with Crippen molar-refractivity contribution in [2.75, 3.05) is 12.4 Å². The molecule has 0 spiro atoms. The van der Waals surface area contributed by atoms with Crippen LogP contribution in [0.15, 0.2) is 60.0 Å². The largest absolute Gasteiger partial charge is 0.363 e. The molecule has 1 aromatic carbocycles. The van der Waals surface area contributed by atoms with Gasteiger partial charge in [0.1, 0.15) is 5.82 Å². The molecule has 0 radical (unpaired) electrons. The van der Waals surface area contributed by atoms with Gasteiger partial charge in [-0.3, -0.25) is 4.72 Å². The molecule has 0 saturated heterocycles. The number of rotatable bonds is 6. The van der Waals surface area contributed by atoms with Gasteiger partial charge in [-0.2, -0.15) is 0 Å². The van der Waals surface area contributed by atoms with Gasteiger partial charge in [0.05, 0.1) is 12.0 Å². The van der Waals surface area contributed by atoms with E-state index in [2.05, 4.69) is 45.1 Å². The highest BCUT2D eigenvalue weighted by Crippen LogP contribution is 2.30. The number of imidazole rings is 1.